The zero-order chi connectivity index (χ0) is 61.4. The molecule has 1 radical (unpaired) electrons. The molecule has 0 unspecified atom stereocenters. The Morgan fingerprint density at radius 1 is 0.129 bits per heavy atom. The molecule has 16 aromatic rings. The molecule has 93 heavy (non-hydrogen) atoms. The zero-order valence-corrected chi connectivity index (χ0v) is 56.3. The van der Waals surface area contributed by atoms with Crippen molar-refractivity contribution in [3.8, 4) is 22.3 Å². The van der Waals surface area contributed by atoms with Gasteiger partial charge in [-0.25, -0.2) is 0 Å². The topological polar surface area (TPSA) is 0 Å². The average molecular weight is 1350 g/mol. The summed E-state index contributed by atoms with van der Waals surface area (Å²) in [4.78, 5) is 0. The van der Waals surface area contributed by atoms with Crippen molar-refractivity contribution in [2.24, 2.45) is 0 Å². The van der Waals surface area contributed by atoms with E-state index in [2.05, 4.69) is 388 Å². The van der Waals surface area contributed by atoms with Crippen molar-refractivity contribution in [3.05, 3.63) is 388 Å². The van der Waals surface area contributed by atoms with Gasteiger partial charge < -0.3 is 0 Å². The Morgan fingerprint density at radius 2 is 0.269 bits per heavy atom. The minimum atomic E-state index is -0.852. The first kappa shape index (κ1) is 61.4. The molecule has 0 heterocycles. The maximum Gasteiger partial charge on any atom is 0 e. The van der Waals surface area contributed by atoms with E-state index in [-0.39, 0.29) is 19.5 Å². The van der Waals surface area contributed by atoms with E-state index in [1.807, 2.05) is 0 Å². The van der Waals surface area contributed by atoms with E-state index in [9.17, 15) is 0 Å². The van der Waals surface area contributed by atoms with Gasteiger partial charge in [0, 0.05) is 19.5 Å². The smallest absolute Gasteiger partial charge is 0 e. The number of rotatable bonds is 14. The van der Waals surface area contributed by atoms with Crippen molar-refractivity contribution >= 4 is 138 Å². The molecular weight excluding hydrogens is 1280 g/mol. The summed E-state index contributed by atoms with van der Waals surface area (Å²) in [5, 5.41) is 26.7. The minimum Gasteiger partial charge on any atom is -0.0622 e. The molecule has 0 aliphatic carbocycles. The second-order valence-electron chi connectivity index (χ2n) is 22.7. The van der Waals surface area contributed by atoms with Gasteiger partial charge in [-0.15, -0.1) is 0 Å². The monoisotopic (exact) mass is 1350 g/mol. The van der Waals surface area contributed by atoms with Crippen LogP contribution in [0.25, 0.3) is 65.3 Å². The Labute approximate surface area is 564 Å². The van der Waals surface area contributed by atoms with Crippen LogP contribution in [0.4, 0.5) is 0 Å². The van der Waals surface area contributed by atoms with Gasteiger partial charge in [0.2, 0.25) is 0 Å². The molecule has 0 aliphatic heterocycles. The molecule has 0 atom stereocenters. The Hall–Kier alpha value is -9.10. The van der Waals surface area contributed by atoms with Crippen LogP contribution in [0.2, 0.25) is 0 Å². The molecule has 0 amide bonds. The van der Waals surface area contributed by atoms with Crippen molar-refractivity contribution in [3.63, 3.8) is 0 Å². The van der Waals surface area contributed by atoms with Crippen LogP contribution in [-0.4, -0.2) is 0 Å². The van der Waals surface area contributed by atoms with Crippen LogP contribution in [0.3, 0.4) is 0 Å². The van der Waals surface area contributed by atoms with Crippen LogP contribution >= 0.6 is 31.7 Å². The maximum absolute atomic E-state index is 2.42. The minimum absolute atomic E-state index is 0. The SMILES string of the molecule is [Rh].c1ccc(P(c2ccccc2)c2ccc3ccccc3c2-c2c(P(c3ccccc3)c3ccccc3)ccc3ccccc23)cc1.c1ccc(P(c2ccccc2)c2ccc3ccccc3c2-c2c(P(c3ccccc3)c3ccccc3)ccc3ccccc23)cc1. The number of hydrogen-bond donors (Lipinski definition) is 0. The predicted molar refractivity (Wildman–Crippen MR) is 409 cm³/mol. The Balaban J connectivity index is 0.000000159. The fraction of sp³-hybridized carbons (Fsp3) is 0. The van der Waals surface area contributed by atoms with Gasteiger partial charge in [0.15, 0.2) is 0 Å². The zero-order valence-electron chi connectivity index (χ0n) is 51.1. The van der Waals surface area contributed by atoms with Crippen molar-refractivity contribution in [1.29, 1.82) is 0 Å². The molecule has 16 aromatic carbocycles. The molecule has 0 saturated heterocycles. The van der Waals surface area contributed by atoms with Crippen molar-refractivity contribution in [1.82, 2.24) is 0 Å². The van der Waals surface area contributed by atoms with Gasteiger partial charge in [-0.2, -0.15) is 0 Å². The van der Waals surface area contributed by atoms with Crippen LogP contribution < -0.4 is 63.7 Å². The summed E-state index contributed by atoms with van der Waals surface area (Å²) in [6.07, 6.45) is 0. The van der Waals surface area contributed by atoms with Gasteiger partial charge in [-0.05, 0) is 161 Å². The molecule has 0 nitrogen and oxygen atoms in total. The molecule has 16 rings (SSSR count). The first-order valence-corrected chi connectivity index (χ1v) is 36.8. The Kier molecular flexibility index (Phi) is 19.0. The first-order chi connectivity index (χ1) is 45.7. The molecule has 0 bridgehead atoms. The summed E-state index contributed by atoms with van der Waals surface area (Å²) < 4.78 is 0. The van der Waals surface area contributed by atoms with Crippen molar-refractivity contribution in [2.45, 2.75) is 0 Å². The third-order valence-corrected chi connectivity index (χ3v) is 27.1. The van der Waals surface area contributed by atoms with Crippen LogP contribution in [0, 0.1) is 0 Å². The number of benzene rings is 16. The van der Waals surface area contributed by atoms with Gasteiger partial charge in [0.05, 0.1) is 0 Å². The fourth-order valence-electron chi connectivity index (χ4n) is 13.2. The predicted octanol–water partition coefficient (Wildman–Crippen LogP) is 18.4. The van der Waals surface area contributed by atoms with E-state index in [1.54, 1.807) is 0 Å². The van der Waals surface area contributed by atoms with E-state index in [0.717, 1.165) is 0 Å². The number of hydrogen-bond acceptors (Lipinski definition) is 0. The third kappa shape index (κ3) is 12.7. The molecule has 0 aliphatic rings. The van der Waals surface area contributed by atoms with Crippen LogP contribution in [0.1, 0.15) is 0 Å². The molecule has 0 N–H and O–H groups in total. The normalized spacial score (nSPS) is 11.3. The summed E-state index contributed by atoms with van der Waals surface area (Å²) in [6.45, 7) is 0. The van der Waals surface area contributed by atoms with Crippen LogP contribution in [0.5, 0.6) is 0 Å². The second kappa shape index (κ2) is 28.8. The maximum atomic E-state index is 2.42. The first-order valence-electron chi connectivity index (χ1n) is 31.4. The number of fused-ring (bicyclic) bond motifs is 4. The van der Waals surface area contributed by atoms with Gasteiger partial charge in [-0.3, -0.25) is 0 Å². The van der Waals surface area contributed by atoms with Crippen LogP contribution in [0.15, 0.2) is 388 Å². The summed E-state index contributed by atoms with van der Waals surface area (Å²) in [5.41, 5.74) is 5.40. The van der Waals surface area contributed by atoms with E-state index in [0.29, 0.717) is 0 Å². The van der Waals surface area contributed by atoms with E-state index < -0.39 is 31.7 Å². The third-order valence-electron chi connectivity index (χ3n) is 17.2. The van der Waals surface area contributed by atoms with Crippen LogP contribution in [-0.2, 0) is 19.5 Å². The summed E-state index contributed by atoms with van der Waals surface area (Å²) in [6, 6.07) is 144. The standard InChI is InChI=1S/2C44H32P2.Rh/c2*1-5-19-35(20-6-1)45(36-21-7-2-8-22-36)41-31-29-33-17-13-15-27-39(33)43(41)44-40-28-16-14-18-34(40)30-32-42(44)46(37-23-9-3-10-24-37)38-25-11-4-12-26-38;/h2*1-32H;. The molecule has 0 fully saturated rings. The quantitative estimate of drug-likeness (QED) is 0.0752. The summed E-state index contributed by atoms with van der Waals surface area (Å²) in [7, 11) is -3.41. The molecule has 0 spiro atoms. The fourth-order valence-corrected chi connectivity index (χ4v) is 23.1. The van der Waals surface area contributed by atoms with Gasteiger partial charge in [0.1, 0.15) is 0 Å². The Morgan fingerprint density at radius 3 is 0.430 bits per heavy atom. The molecule has 5 heteroatoms. The van der Waals surface area contributed by atoms with Gasteiger partial charge in [0.25, 0.3) is 0 Å². The second-order valence-corrected chi connectivity index (χ2v) is 31.5. The van der Waals surface area contributed by atoms with Gasteiger partial charge in [-0.1, -0.05) is 388 Å². The summed E-state index contributed by atoms with van der Waals surface area (Å²) >= 11 is 0. The van der Waals surface area contributed by atoms with Crippen molar-refractivity contribution < 1.29 is 19.5 Å². The van der Waals surface area contributed by atoms with Crippen molar-refractivity contribution in [2.75, 3.05) is 0 Å². The molecule has 445 valence electrons. The van der Waals surface area contributed by atoms with Gasteiger partial charge >= 0.3 is 0 Å². The van der Waals surface area contributed by atoms with E-state index >= 15 is 0 Å². The molecular formula is C88H64P4Rh. The summed E-state index contributed by atoms with van der Waals surface area (Å²) in [5.74, 6) is 0. The molecule has 0 saturated carbocycles. The van der Waals surface area contributed by atoms with E-state index in [1.165, 1.54) is 129 Å². The van der Waals surface area contributed by atoms with E-state index in [4.69, 9.17) is 0 Å². The largest absolute Gasteiger partial charge is 0.0622 e. The Bertz CT molecular complexity index is 4340. The average Bonchev–Trinajstić information content (AvgIpc) is 0.748. The molecule has 0 aromatic heterocycles.